The molecule has 0 N–H and O–H groups in total. The zero-order valence-electron chi connectivity index (χ0n) is 3.67. The Morgan fingerprint density at radius 3 is 1.88 bits per heavy atom. The van der Waals surface area contributed by atoms with Gasteiger partial charge in [-0.15, -0.1) is 0 Å². The van der Waals surface area contributed by atoms with E-state index in [9.17, 15) is 13.2 Å². The predicted molar refractivity (Wildman–Crippen MR) is 32.6 cm³/mol. The number of rotatable bonds is 2. The molecule has 0 aromatic heterocycles. The van der Waals surface area contributed by atoms with Crippen LogP contribution < -0.4 is 0 Å². The Morgan fingerprint density at radius 2 is 1.88 bits per heavy atom. The average molecular weight is 256 g/mol. The fraction of sp³-hybridized carbons (Fsp3) is 1.00. The molecule has 5 heteroatoms. The van der Waals surface area contributed by atoms with Crippen LogP contribution in [-0.4, -0.2) is 16.3 Å². The lowest BCUT2D eigenvalue weighted by Crippen LogP contribution is -2.25. The van der Waals surface area contributed by atoms with Crippen molar-refractivity contribution in [1.82, 2.24) is 0 Å². The highest BCUT2D eigenvalue weighted by Gasteiger charge is 2.35. The number of hydrogen-bond acceptors (Lipinski definition) is 0. The van der Waals surface area contributed by atoms with Gasteiger partial charge in [-0.05, 0) is 15.9 Å². The summed E-state index contributed by atoms with van der Waals surface area (Å²) >= 11 is 4.75. The monoisotopic (exact) mass is 254 g/mol. The highest BCUT2D eigenvalue weighted by atomic mass is 79.9. The van der Waals surface area contributed by atoms with Crippen LogP contribution in [0, 0.1) is 0 Å². The van der Waals surface area contributed by atoms with Gasteiger partial charge in [-0.2, -0.15) is 0 Å². The molecule has 0 saturated heterocycles. The first kappa shape index (κ1) is 8.75. The largest absolute Gasteiger partial charge is 0.282 e. The van der Waals surface area contributed by atoms with Crippen molar-refractivity contribution in [1.29, 1.82) is 0 Å². The minimum atomic E-state index is -2.98. The molecule has 0 heterocycles. The van der Waals surface area contributed by atoms with Crippen molar-refractivity contribution in [3.05, 3.63) is 0 Å². The molecule has 0 radical (unpaired) electrons. The van der Waals surface area contributed by atoms with Crippen molar-refractivity contribution in [3.63, 3.8) is 0 Å². The van der Waals surface area contributed by atoms with Crippen LogP contribution in [0.2, 0.25) is 0 Å². The minimum Gasteiger partial charge on any atom is -0.224 e. The highest BCUT2D eigenvalue weighted by Crippen LogP contribution is 2.29. The molecule has 1 unspecified atom stereocenters. The molecule has 50 valence electrons. The first-order valence-corrected chi connectivity index (χ1v) is 3.64. The van der Waals surface area contributed by atoms with E-state index in [2.05, 4.69) is 31.9 Å². The van der Waals surface area contributed by atoms with E-state index in [-0.39, 0.29) is 0 Å². The molecule has 0 aliphatic carbocycles. The Morgan fingerprint density at radius 1 is 1.50 bits per heavy atom. The third-order valence-electron chi connectivity index (χ3n) is 0.497. The van der Waals surface area contributed by atoms with Gasteiger partial charge in [0.1, 0.15) is 0 Å². The molecule has 0 aromatic carbocycles. The molecule has 1 atom stereocenters. The predicted octanol–water partition coefficient (Wildman–Crippen LogP) is 2.71. The van der Waals surface area contributed by atoms with Crippen LogP contribution in [0.25, 0.3) is 0 Å². The second kappa shape index (κ2) is 3.06. The lowest BCUT2D eigenvalue weighted by atomic mass is 10.5. The maximum Gasteiger partial charge on any atom is 0.282 e. The maximum atomic E-state index is 12.1. The molecule has 0 aromatic rings. The van der Waals surface area contributed by atoms with Gasteiger partial charge in [0.15, 0.2) is 0 Å². The van der Waals surface area contributed by atoms with Crippen LogP contribution in [0.4, 0.5) is 13.2 Å². The highest BCUT2D eigenvalue weighted by molar-refractivity contribution is 9.12. The Bertz CT molecular complexity index is 72.9. The summed E-state index contributed by atoms with van der Waals surface area (Å²) in [5.41, 5.74) is 0. The van der Waals surface area contributed by atoms with Gasteiger partial charge in [0, 0.05) is 0 Å². The molecule has 0 amide bonds. The summed E-state index contributed by atoms with van der Waals surface area (Å²) < 4.78 is 32.2. The Labute approximate surface area is 61.7 Å². The maximum absolute atomic E-state index is 12.1. The molecule has 0 nitrogen and oxygen atoms in total. The van der Waals surface area contributed by atoms with E-state index in [1.807, 2.05) is 0 Å². The van der Waals surface area contributed by atoms with Gasteiger partial charge in [-0.1, -0.05) is 15.9 Å². The average Bonchev–Trinajstić information content (AvgIpc) is 1.67. The van der Waals surface area contributed by atoms with E-state index in [0.29, 0.717) is 0 Å². The Kier molecular flexibility index (Phi) is 3.34. The number of alkyl halides is 5. The van der Waals surface area contributed by atoms with Gasteiger partial charge < -0.3 is 0 Å². The summed E-state index contributed by atoms with van der Waals surface area (Å²) in [5, 5.41) is -0.405. The third kappa shape index (κ3) is 2.35. The zero-order valence-corrected chi connectivity index (χ0v) is 6.85. The van der Waals surface area contributed by atoms with Crippen molar-refractivity contribution >= 4 is 31.9 Å². The fourth-order valence-electron chi connectivity index (χ4n) is 0.0583. The number of halogens is 5. The molecule has 0 aliphatic heterocycles. The first-order chi connectivity index (χ1) is 3.50. The standard InChI is InChI=1S/C3H3Br2F3/c4-1-3(5,8)2(6)7/h2H,1H2. The van der Waals surface area contributed by atoms with E-state index in [1.165, 1.54) is 0 Å². The topological polar surface area (TPSA) is 0 Å². The molecule has 0 rings (SSSR count). The van der Waals surface area contributed by atoms with E-state index >= 15 is 0 Å². The van der Waals surface area contributed by atoms with Gasteiger partial charge in [-0.25, -0.2) is 13.2 Å². The van der Waals surface area contributed by atoms with Crippen LogP contribution in [0.15, 0.2) is 0 Å². The van der Waals surface area contributed by atoms with Crippen LogP contribution in [-0.2, 0) is 0 Å². The molecule has 0 aliphatic rings. The third-order valence-corrected chi connectivity index (χ3v) is 2.69. The fourth-order valence-corrected chi connectivity index (χ4v) is 0.303. The van der Waals surface area contributed by atoms with E-state index in [0.717, 1.165) is 0 Å². The van der Waals surface area contributed by atoms with Crippen LogP contribution in [0.3, 0.4) is 0 Å². The smallest absolute Gasteiger partial charge is 0.224 e. The summed E-state index contributed by atoms with van der Waals surface area (Å²) in [6.45, 7) is 0. The normalized spacial score (nSPS) is 18.8. The lowest BCUT2D eigenvalue weighted by Gasteiger charge is -2.11. The van der Waals surface area contributed by atoms with Gasteiger partial charge in [-0.3, -0.25) is 0 Å². The van der Waals surface area contributed by atoms with Gasteiger partial charge >= 0.3 is 0 Å². The van der Waals surface area contributed by atoms with Gasteiger partial charge in [0.05, 0.1) is 5.33 Å². The minimum absolute atomic E-state index is 0.405. The summed E-state index contributed by atoms with van der Waals surface area (Å²) in [6.07, 6.45) is -2.98. The Balaban J connectivity index is 3.71. The van der Waals surface area contributed by atoms with E-state index in [4.69, 9.17) is 0 Å². The second-order valence-electron chi connectivity index (χ2n) is 1.20. The molecule has 0 fully saturated rings. The van der Waals surface area contributed by atoms with Crippen molar-refractivity contribution in [3.8, 4) is 0 Å². The van der Waals surface area contributed by atoms with Crippen LogP contribution in [0.1, 0.15) is 0 Å². The summed E-state index contributed by atoms with van der Waals surface area (Å²) in [6, 6.07) is 0. The molecule has 0 spiro atoms. The molecule has 0 saturated carbocycles. The zero-order chi connectivity index (χ0) is 6.78. The van der Waals surface area contributed by atoms with Crippen molar-refractivity contribution in [2.24, 2.45) is 0 Å². The van der Waals surface area contributed by atoms with Gasteiger partial charge in [0.25, 0.3) is 6.43 Å². The molecule has 0 bridgehead atoms. The molecular formula is C3H3Br2F3. The van der Waals surface area contributed by atoms with Crippen LogP contribution >= 0.6 is 31.9 Å². The number of hydrogen-bond donors (Lipinski definition) is 0. The molecular weight excluding hydrogens is 253 g/mol. The Hall–Kier alpha value is 0.750. The molecule has 8 heavy (non-hydrogen) atoms. The van der Waals surface area contributed by atoms with Crippen molar-refractivity contribution < 1.29 is 13.2 Å². The van der Waals surface area contributed by atoms with E-state index < -0.39 is 16.3 Å². The summed E-state index contributed by atoms with van der Waals surface area (Å²) in [5.74, 6) is 0. The van der Waals surface area contributed by atoms with Crippen molar-refractivity contribution in [2.45, 2.75) is 11.0 Å². The second-order valence-corrected chi connectivity index (χ2v) is 3.07. The van der Waals surface area contributed by atoms with Gasteiger partial charge in [0.2, 0.25) is 4.58 Å². The van der Waals surface area contributed by atoms with Crippen LogP contribution in [0.5, 0.6) is 0 Å². The van der Waals surface area contributed by atoms with Crippen molar-refractivity contribution in [2.75, 3.05) is 5.33 Å². The quantitative estimate of drug-likeness (QED) is 0.666. The van der Waals surface area contributed by atoms with E-state index in [1.54, 1.807) is 0 Å². The first-order valence-electron chi connectivity index (χ1n) is 1.72. The SMILES string of the molecule is FC(F)C(F)(Br)CBr. The lowest BCUT2D eigenvalue weighted by molar-refractivity contribution is 0.0465. The summed E-state index contributed by atoms with van der Waals surface area (Å²) in [4.78, 5) is 0. The summed E-state index contributed by atoms with van der Waals surface area (Å²) in [7, 11) is 0.